The molecule has 1 aromatic heterocycles. The van der Waals surface area contributed by atoms with E-state index in [4.69, 9.17) is 0 Å². The second-order valence-corrected chi connectivity index (χ2v) is 6.57. The molecule has 98 valence electrons. The molecule has 1 heterocycles. The van der Waals surface area contributed by atoms with Crippen LogP contribution in [0.4, 0.5) is 0 Å². The molecule has 1 N–H and O–H groups in total. The van der Waals surface area contributed by atoms with E-state index in [2.05, 4.69) is 20.9 Å². The maximum Gasteiger partial charge on any atom is 0.135 e. The number of nitrogens with zero attached hydrogens (tertiary/aromatic N) is 2. The third kappa shape index (κ3) is 2.99. The highest BCUT2D eigenvalue weighted by molar-refractivity contribution is 9.10. The summed E-state index contributed by atoms with van der Waals surface area (Å²) in [6, 6.07) is 5.87. The van der Waals surface area contributed by atoms with Crippen LogP contribution in [0.3, 0.4) is 0 Å². The average molecular weight is 331 g/mol. The molecular formula is C12H15BrN2O2S. The Bertz CT molecular complexity index is 583. The minimum atomic E-state index is -0.777. The summed E-state index contributed by atoms with van der Waals surface area (Å²) < 4.78 is 14.0. The lowest BCUT2D eigenvalue weighted by Gasteiger charge is -2.06. The average Bonchev–Trinajstić information content (AvgIpc) is 2.66. The predicted octanol–water partition coefficient (Wildman–Crippen LogP) is 2.06. The van der Waals surface area contributed by atoms with Crippen LogP contribution in [0.1, 0.15) is 12.2 Å². The van der Waals surface area contributed by atoms with E-state index in [1.165, 1.54) is 0 Å². The van der Waals surface area contributed by atoms with Crippen LogP contribution in [0, 0.1) is 0 Å². The van der Waals surface area contributed by atoms with Crippen LogP contribution in [0.15, 0.2) is 22.7 Å². The molecule has 18 heavy (non-hydrogen) atoms. The molecule has 0 amide bonds. The van der Waals surface area contributed by atoms with Crippen molar-refractivity contribution in [3.8, 4) is 0 Å². The van der Waals surface area contributed by atoms with Crippen molar-refractivity contribution in [1.29, 1.82) is 0 Å². The molecule has 6 heteroatoms. The second-order valence-electron chi connectivity index (χ2n) is 4.10. The molecule has 0 saturated heterocycles. The Morgan fingerprint density at radius 3 is 2.94 bits per heavy atom. The first-order valence-corrected chi connectivity index (χ1v) is 8.19. The zero-order valence-electron chi connectivity index (χ0n) is 10.1. The summed E-state index contributed by atoms with van der Waals surface area (Å²) in [5.74, 6) is 1.33. The Morgan fingerprint density at radius 1 is 1.50 bits per heavy atom. The first kappa shape index (κ1) is 13.7. The number of imidazole rings is 1. The molecule has 2 aromatic rings. The van der Waals surface area contributed by atoms with Crippen molar-refractivity contribution in [2.45, 2.75) is 19.6 Å². The third-order valence-corrected chi connectivity index (χ3v) is 4.10. The molecule has 2 rings (SSSR count). The second kappa shape index (κ2) is 5.95. The summed E-state index contributed by atoms with van der Waals surface area (Å²) in [6.07, 6.45) is 2.52. The van der Waals surface area contributed by atoms with Gasteiger partial charge < -0.3 is 9.67 Å². The normalized spacial score (nSPS) is 13.1. The first-order valence-electron chi connectivity index (χ1n) is 5.67. The van der Waals surface area contributed by atoms with Gasteiger partial charge in [0.2, 0.25) is 0 Å². The van der Waals surface area contributed by atoms with Crippen LogP contribution < -0.4 is 0 Å². The van der Waals surface area contributed by atoms with E-state index >= 15 is 0 Å². The highest BCUT2D eigenvalue weighted by Gasteiger charge is 2.10. The van der Waals surface area contributed by atoms with Crippen molar-refractivity contribution in [1.82, 2.24) is 9.55 Å². The number of fused-ring (bicyclic) bond motifs is 1. The summed E-state index contributed by atoms with van der Waals surface area (Å²) in [7, 11) is -0.777. The molecule has 0 saturated carbocycles. The third-order valence-electron chi connectivity index (χ3n) is 2.74. The Hall–Kier alpha value is -0.720. The number of rotatable bonds is 5. The standard InChI is InChI=1S/C12H15BrN2O2S/c1-18(17)6-2-5-15-11-4-3-9(13)7-10(11)14-12(15)8-16/h3-4,7,16H,2,5-6,8H2,1H3. The van der Waals surface area contributed by atoms with Crippen molar-refractivity contribution in [3.05, 3.63) is 28.5 Å². The SMILES string of the molecule is CS(=O)CCCn1c(CO)nc2cc(Br)ccc21. The quantitative estimate of drug-likeness (QED) is 0.912. The van der Waals surface area contributed by atoms with Crippen LogP contribution in [0.2, 0.25) is 0 Å². The molecule has 0 aliphatic rings. The fourth-order valence-corrected chi connectivity index (χ4v) is 2.83. The van der Waals surface area contributed by atoms with Crippen molar-refractivity contribution in [2.75, 3.05) is 12.0 Å². The van der Waals surface area contributed by atoms with E-state index < -0.39 is 10.8 Å². The summed E-state index contributed by atoms with van der Waals surface area (Å²) in [4.78, 5) is 4.40. The minimum Gasteiger partial charge on any atom is -0.388 e. The summed E-state index contributed by atoms with van der Waals surface area (Å²) in [5, 5.41) is 9.34. The molecular weight excluding hydrogens is 316 g/mol. The number of aliphatic hydroxyl groups is 1. The maximum atomic E-state index is 11.1. The lowest BCUT2D eigenvalue weighted by Crippen LogP contribution is -2.07. The number of halogens is 1. The Kier molecular flexibility index (Phi) is 4.53. The van der Waals surface area contributed by atoms with Gasteiger partial charge in [-0.05, 0) is 24.6 Å². The maximum absolute atomic E-state index is 11.1. The van der Waals surface area contributed by atoms with Gasteiger partial charge in [0.15, 0.2) is 0 Å². The lowest BCUT2D eigenvalue weighted by molar-refractivity contribution is 0.266. The van der Waals surface area contributed by atoms with E-state index in [1.807, 2.05) is 22.8 Å². The Morgan fingerprint density at radius 2 is 2.28 bits per heavy atom. The fourth-order valence-electron chi connectivity index (χ4n) is 1.95. The van der Waals surface area contributed by atoms with Crippen LogP contribution in [0.25, 0.3) is 11.0 Å². The number of aryl methyl sites for hydroxylation is 1. The number of hydrogen-bond acceptors (Lipinski definition) is 3. The van der Waals surface area contributed by atoms with Gasteiger partial charge in [0.25, 0.3) is 0 Å². The van der Waals surface area contributed by atoms with Crippen molar-refractivity contribution in [2.24, 2.45) is 0 Å². The highest BCUT2D eigenvalue weighted by Crippen LogP contribution is 2.21. The van der Waals surface area contributed by atoms with Gasteiger partial charge in [0.05, 0.1) is 11.0 Å². The van der Waals surface area contributed by atoms with E-state index in [0.29, 0.717) is 11.6 Å². The molecule has 0 spiro atoms. The van der Waals surface area contributed by atoms with Gasteiger partial charge in [0.1, 0.15) is 12.4 Å². The molecule has 0 radical (unpaired) electrons. The number of aromatic nitrogens is 2. The van der Waals surface area contributed by atoms with Crippen LogP contribution in [-0.4, -0.2) is 30.9 Å². The molecule has 1 aromatic carbocycles. The van der Waals surface area contributed by atoms with Crippen LogP contribution in [-0.2, 0) is 24.0 Å². The summed E-state index contributed by atoms with van der Waals surface area (Å²) >= 11 is 3.41. The first-order chi connectivity index (χ1) is 8.61. The highest BCUT2D eigenvalue weighted by atomic mass is 79.9. The van der Waals surface area contributed by atoms with Crippen LogP contribution in [0.5, 0.6) is 0 Å². The zero-order valence-corrected chi connectivity index (χ0v) is 12.5. The van der Waals surface area contributed by atoms with Gasteiger partial charge >= 0.3 is 0 Å². The molecule has 1 atom stereocenters. The summed E-state index contributed by atoms with van der Waals surface area (Å²) in [6.45, 7) is 0.648. The van der Waals surface area contributed by atoms with Crippen molar-refractivity contribution < 1.29 is 9.32 Å². The van der Waals surface area contributed by atoms with Gasteiger partial charge in [-0.1, -0.05) is 15.9 Å². The number of aliphatic hydroxyl groups excluding tert-OH is 1. The zero-order chi connectivity index (χ0) is 13.1. The molecule has 0 fully saturated rings. The van der Waals surface area contributed by atoms with Gasteiger partial charge in [-0.3, -0.25) is 4.21 Å². The van der Waals surface area contributed by atoms with Gasteiger partial charge in [-0.15, -0.1) is 0 Å². The monoisotopic (exact) mass is 330 g/mol. The molecule has 4 nitrogen and oxygen atoms in total. The predicted molar refractivity (Wildman–Crippen MR) is 76.9 cm³/mol. The van der Waals surface area contributed by atoms with Crippen LogP contribution >= 0.6 is 15.9 Å². The minimum absolute atomic E-state index is 0.0818. The molecule has 0 aliphatic heterocycles. The summed E-state index contributed by atoms with van der Waals surface area (Å²) in [5.41, 5.74) is 1.87. The molecule has 1 unspecified atom stereocenters. The lowest BCUT2D eigenvalue weighted by atomic mass is 10.3. The fraction of sp³-hybridized carbons (Fsp3) is 0.417. The van der Waals surface area contributed by atoms with E-state index in [9.17, 15) is 9.32 Å². The number of benzene rings is 1. The molecule has 0 bridgehead atoms. The van der Waals surface area contributed by atoms with E-state index in [1.54, 1.807) is 6.26 Å². The Labute approximate surface area is 117 Å². The Balaban J connectivity index is 2.31. The smallest absolute Gasteiger partial charge is 0.135 e. The van der Waals surface area contributed by atoms with Gasteiger partial charge in [0, 0.05) is 33.8 Å². The largest absolute Gasteiger partial charge is 0.388 e. The molecule has 0 aliphatic carbocycles. The number of hydrogen-bond donors (Lipinski definition) is 1. The van der Waals surface area contributed by atoms with Gasteiger partial charge in [-0.25, -0.2) is 4.98 Å². The topological polar surface area (TPSA) is 55.1 Å². The van der Waals surface area contributed by atoms with Crippen molar-refractivity contribution >= 4 is 37.8 Å². The van der Waals surface area contributed by atoms with Gasteiger partial charge in [-0.2, -0.15) is 0 Å². The van der Waals surface area contributed by atoms with Crippen molar-refractivity contribution in [3.63, 3.8) is 0 Å². The van der Waals surface area contributed by atoms with E-state index in [0.717, 1.165) is 28.5 Å². The van der Waals surface area contributed by atoms with E-state index in [-0.39, 0.29) is 6.61 Å².